The minimum absolute atomic E-state index is 0. The number of rotatable bonds is 4. The fourth-order valence-electron chi connectivity index (χ4n) is 1.22. The van der Waals surface area contributed by atoms with Gasteiger partial charge in [0.25, 0.3) is 0 Å². The molecule has 0 aliphatic heterocycles. The first-order chi connectivity index (χ1) is 10.4. The van der Waals surface area contributed by atoms with Crippen molar-refractivity contribution in [2.45, 2.75) is 0 Å². The molecule has 0 bridgehead atoms. The fraction of sp³-hybridized carbons (Fsp3) is 0. The van der Waals surface area contributed by atoms with Gasteiger partial charge in [-0.05, 0) is 48.5 Å². The summed E-state index contributed by atoms with van der Waals surface area (Å²) in [6, 6.07) is 10.9. The molecular formula is C12H12O8P2Zn. The summed E-state index contributed by atoms with van der Waals surface area (Å²) in [5.74, 6) is 0.564. The van der Waals surface area contributed by atoms with Crippen LogP contribution in [0.1, 0.15) is 0 Å². The van der Waals surface area contributed by atoms with E-state index in [0.29, 0.717) is 0 Å². The van der Waals surface area contributed by atoms with Crippen molar-refractivity contribution in [3.05, 3.63) is 48.5 Å². The van der Waals surface area contributed by atoms with Crippen LogP contribution in [0.15, 0.2) is 48.5 Å². The summed E-state index contributed by atoms with van der Waals surface area (Å²) in [6.07, 6.45) is 0. The standard InChI is InChI=1S/2C6H7O4P.Zn/c2*7-5-1-3-6(4-2-5)10-11(8)9;/h2*1-4,7,11H,(H,8,9);/q;;+2/p-2. The van der Waals surface area contributed by atoms with Crippen LogP contribution in [0, 0.1) is 0 Å². The number of benzene rings is 2. The molecule has 2 unspecified atom stereocenters. The smallest absolute Gasteiger partial charge is 0.771 e. The third-order valence-electron chi connectivity index (χ3n) is 2.08. The van der Waals surface area contributed by atoms with Crippen LogP contribution in [0.25, 0.3) is 0 Å². The van der Waals surface area contributed by atoms with Crippen molar-refractivity contribution in [3.8, 4) is 23.0 Å². The molecule has 2 aromatic rings. The quantitative estimate of drug-likeness (QED) is 0.562. The Balaban J connectivity index is 0.000000403. The first-order valence-corrected chi connectivity index (χ1v) is 8.17. The van der Waals surface area contributed by atoms with Crippen LogP contribution in [0.5, 0.6) is 23.0 Å². The van der Waals surface area contributed by atoms with E-state index in [1.165, 1.54) is 48.5 Å². The normalized spacial score (nSPS) is 11.9. The van der Waals surface area contributed by atoms with Gasteiger partial charge in [-0.25, -0.2) is 0 Å². The second-order valence-corrected chi connectivity index (χ2v) is 5.10. The van der Waals surface area contributed by atoms with Crippen molar-refractivity contribution < 1.29 is 57.7 Å². The third kappa shape index (κ3) is 10.1. The van der Waals surface area contributed by atoms with E-state index in [1.807, 2.05) is 0 Å². The topological polar surface area (TPSA) is 139 Å². The maximum absolute atomic E-state index is 10.0. The zero-order chi connectivity index (χ0) is 16.5. The summed E-state index contributed by atoms with van der Waals surface area (Å²) >= 11 is 0. The van der Waals surface area contributed by atoms with E-state index in [2.05, 4.69) is 9.05 Å². The van der Waals surface area contributed by atoms with Crippen molar-refractivity contribution in [3.63, 3.8) is 0 Å². The Morgan fingerprint density at radius 3 is 1.17 bits per heavy atom. The van der Waals surface area contributed by atoms with Gasteiger partial charge in [-0.2, -0.15) is 0 Å². The SMILES string of the molecule is O=[PH]([O-])Oc1ccc(O)cc1.O=[PH]([O-])Oc1ccc(O)cc1.[Zn+2]. The molecule has 0 fully saturated rings. The molecule has 120 valence electrons. The molecule has 0 aliphatic rings. The molecule has 0 heterocycles. The van der Waals surface area contributed by atoms with Crippen LogP contribution in [-0.4, -0.2) is 10.2 Å². The molecule has 23 heavy (non-hydrogen) atoms. The number of hydrogen-bond donors (Lipinski definition) is 2. The molecule has 0 aromatic heterocycles. The number of hydrogen-bond acceptors (Lipinski definition) is 8. The van der Waals surface area contributed by atoms with Crippen molar-refractivity contribution in [2.75, 3.05) is 0 Å². The van der Waals surface area contributed by atoms with Crippen LogP contribution >= 0.6 is 16.5 Å². The zero-order valence-electron chi connectivity index (χ0n) is 11.7. The average molecular weight is 412 g/mol. The zero-order valence-corrected chi connectivity index (χ0v) is 16.6. The minimum Gasteiger partial charge on any atom is -0.771 e. The van der Waals surface area contributed by atoms with Gasteiger partial charge in [0.1, 0.15) is 23.0 Å². The van der Waals surface area contributed by atoms with Gasteiger partial charge < -0.3 is 29.0 Å². The van der Waals surface area contributed by atoms with E-state index >= 15 is 0 Å². The van der Waals surface area contributed by atoms with E-state index in [9.17, 15) is 18.9 Å². The van der Waals surface area contributed by atoms with E-state index in [1.54, 1.807) is 0 Å². The maximum Gasteiger partial charge on any atom is 2.00 e. The van der Waals surface area contributed by atoms with Crippen LogP contribution < -0.4 is 18.8 Å². The van der Waals surface area contributed by atoms with E-state index in [0.717, 1.165) is 0 Å². The predicted octanol–water partition coefficient (Wildman–Crippen LogP) is 1.04. The molecule has 11 heteroatoms. The molecule has 2 N–H and O–H groups in total. The van der Waals surface area contributed by atoms with E-state index in [-0.39, 0.29) is 42.5 Å². The van der Waals surface area contributed by atoms with Gasteiger partial charge in [0.05, 0.1) is 0 Å². The molecule has 0 amide bonds. The molecule has 0 spiro atoms. The molecular weight excluding hydrogens is 399 g/mol. The second kappa shape index (κ2) is 11.2. The second-order valence-electron chi connectivity index (χ2n) is 3.69. The largest absolute Gasteiger partial charge is 2.00 e. The summed E-state index contributed by atoms with van der Waals surface area (Å²) in [7, 11) is -6.36. The van der Waals surface area contributed by atoms with E-state index in [4.69, 9.17) is 10.2 Å². The fourth-order valence-corrected chi connectivity index (χ4v) is 1.88. The Labute approximate surface area is 146 Å². The van der Waals surface area contributed by atoms with Gasteiger partial charge in [0.15, 0.2) is 16.5 Å². The van der Waals surface area contributed by atoms with Gasteiger partial charge in [-0.15, -0.1) is 0 Å². The molecule has 0 saturated carbocycles. The van der Waals surface area contributed by atoms with Crippen LogP contribution in [0.3, 0.4) is 0 Å². The number of phenols is 2. The van der Waals surface area contributed by atoms with Crippen molar-refractivity contribution in [1.29, 1.82) is 0 Å². The molecule has 2 aromatic carbocycles. The Bertz CT molecular complexity index is 575. The van der Waals surface area contributed by atoms with Crippen molar-refractivity contribution in [2.24, 2.45) is 0 Å². The van der Waals surface area contributed by atoms with Crippen LogP contribution in [0.4, 0.5) is 0 Å². The van der Waals surface area contributed by atoms with Gasteiger partial charge in [0, 0.05) is 0 Å². The molecule has 0 aliphatic carbocycles. The summed E-state index contributed by atoms with van der Waals surface area (Å²) in [5.41, 5.74) is 0. The summed E-state index contributed by atoms with van der Waals surface area (Å²) in [5, 5.41) is 17.6. The number of aromatic hydroxyl groups is 2. The summed E-state index contributed by atoms with van der Waals surface area (Å²) < 4.78 is 28.8. The predicted molar refractivity (Wildman–Crippen MR) is 75.5 cm³/mol. The molecule has 0 saturated heterocycles. The van der Waals surface area contributed by atoms with E-state index < -0.39 is 16.5 Å². The summed E-state index contributed by atoms with van der Waals surface area (Å²) in [6.45, 7) is 0. The monoisotopic (exact) mass is 410 g/mol. The van der Waals surface area contributed by atoms with Crippen molar-refractivity contribution in [1.82, 2.24) is 0 Å². The maximum atomic E-state index is 10.0. The molecule has 8 nitrogen and oxygen atoms in total. The average Bonchev–Trinajstić information content (AvgIpc) is 2.44. The molecule has 0 radical (unpaired) electrons. The Hall–Kier alpha value is -1.36. The van der Waals surface area contributed by atoms with Crippen LogP contribution in [0.2, 0.25) is 0 Å². The summed E-state index contributed by atoms with van der Waals surface area (Å²) in [4.78, 5) is 20.1. The Morgan fingerprint density at radius 1 is 0.696 bits per heavy atom. The first-order valence-electron chi connectivity index (χ1n) is 5.72. The number of phenolic OH excluding ortho intramolecular Hbond substituents is 2. The molecule has 2 rings (SSSR count). The molecule has 2 atom stereocenters. The van der Waals surface area contributed by atoms with Gasteiger partial charge >= 0.3 is 19.5 Å². The first kappa shape index (κ1) is 21.6. The minimum atomic E-state index is -3.18. The third-order valence-corrected chi connectivity index (χ3v) is 2.88. The Kier molecular flexibility index (Phi) is 10.6. The van der Waals surface area contributed by atoms with Gasteiger partial charge in [-0.1, -0.05) is 0 Å². The van der Waals surface area contributed by atoms with Crippen molar-refractivity contribution >= 4 is 16.5 Å². The van der Waals surface area contributed by atoms with Gasteiger partial charge in [0.2, 0.25) is 0 Å². The van der Waals surface area contributed by atoms with Gasteiger partial charge in [-0.3, -0.25) is 9.13 Å². The Morgan fingerprint density at radius 2 is 0.957 bits per heavy atom. The van der Waals surface area contributed by atoms with Crippen LogP contribution in [-0.2, 0) is 28.6 Å².